The number of nitrogens with one attached hydrogen (secondary N) is 2. The highest BCUT2D eigenvalue weighted by atomic mass is 127. The summed E-state index contributed by atoms with van der Waals surface area (Å²) in [7, 11) is 3.44. The van der Waals surface area contributed by atoms with Gasteiger partial charge in [0.15, 0.2) is 5.96 Å². The Morgan fingerprint density at radius 3 is 2.52 bits per heavy atom. The van der Waals surface area contributed by atoms with Crippen molar-refractivity contribution in [1.29, 1.82) is 0 Å². The molecule has 1 atom stereocenters. The predicted octanol–water partition coefficient (Wildman–Crippen LogP) is 3.11. The van der Waals surface area contributed by atoms with Gasteiger partial charge < -0.3 is 20.5 Å². The average molecular weight is 483 g/mol. The SMILES string of the molecule is CN=C(NCCc1cc(C)ccc1OC)NCC(CO)c1ccccc1.I. The largest absolute Gasteiger partial charge is 0.496 e. The minimum atomic E-state index is 0. The van der Waals surface area contributed by atoms with Gasteiger partial charge in [-0.15, -0.1) is 24.0 Å². The van der Waals surface area contributed by atoms with Crippen LogP contribution in [-0.2, 0) is 6.42 Å². The van der Waals surface area contributed by atoms with Crippen LogP contribution < -0.4 is 15.4 Å². The van der Waals surface area contributed by atoms with E-state index in [-0.39, 0.29) is 36.5 Å². The van der Waals surface area contributed by atoms with Crippen molar-refractivity contribution in [2.45, 2.75) is 19.3 Å². The number of nitrogens with zero attached hydrogens (tertiary/aromatic N) is 1. The van der Waals surface area contributed by atoms with Gasteiger partial charge in [0.2, 0.25) is 0 Å². The number of hydrogen-bond donors (Lipinski definition) is 3. The maximum Gasteiger partial charge on any atom is 0.191 e. The second-order valence-electron chi connectivity index (χ2n) is 6.24. The lowest BCUT2D eigenvalue weighted by atomic mass is 10.0. The maximum absolute atomic E-state index is 9.66. The smallest absolute Gasteiger partial charge is 0.191 e. The highest BCUT2D eigenvalue weighted by Gasteiger charge is 2.11. The Kier molecular flexibility index (Phi) is 10.8. The third-order valence-corrected chi connectivity index (χ3v) is 4.35. The topological polar surface area (TPSA) is 65.9 Å². The molecule has 0 aromatic heterocycles. The normalized spacial score (nSPS) is 12.1. The third kappa shape index (κ3) is 7.38. The van der Waals surface area contributed by atoms with E-state index in [1.165, 1.54) is 11.1 Å². The molecule has 27 heavy (non-hydrogen) atoms. The molecule has 0 spiro atoms. The summed E-state index contributed by atoms with van der Waals surface area (Å²) in [5.41, 5.74) is 3.51. The van der Waals surface area contributed by atoms with Gasteiger partial charge in [0.25, 0.3) is 0 Å². The highest BCUT2D eigenvalue weighted by Crippen LogP contribution is 2.19. The minimum Gasteiger partial charge on any atom is -0.496 e. The van der Waals surface area contributed by atoms with Gasteiger partial charge in [-0.05, 0) is 30.5 Å². The second-order valence-corrected chi connectivity index (χ2v) is 6.24. The fraction of sp³-hybridized carbons (Fsp3) is 0.381. The molecule has 2 aromatic rings. The first kappa shape index (κ1) is 23.2. The van der Waals surface area contributed by atoms with E-state index in [2.05, 4.69) is 34.7 Å². The van der Waals surface area contributed by atoms with Crippen molar-refractivity contribution in [2.24, 2.45) is 4.99 Å². The zero-order valence-corrected chi connectivity index (χ0v) is 18.6. The van der Waals surface area contributed by atoms with Crippen LogP contribution in [0, 0.1) is 6.92 Å². The average Bonchev–Trinajstić information content (AvgIpc) is 2.68. The molecule has 1 unspecified atom stereocenters. The molecule has 0 radical (unpaired) electrons. The van der Waals surface area contributed by atoms with Gasteiger partial charge in [0.1, 0.15) is 5.75 Å². The van der Waals surface area contributed by atoms with Crippen molar-refractivity contribution in [3.63, 3.8) is 0 Å². The number of aliphatic imine (C=N–C) groups is 1. The fourth-order valence-corrected chi connectivity index (χ4v) is 2.87. The van der Waals surface area contributed by atoms with Gasteiger partial charge in [-0.3, -0.25) is 4.99 Å². The van der Waals surface area contributed by atoms with Crippen molar-refractivity contribution in [3.8, 4) is 5.75 Å². The number of benzene rings is 2. The van der Waals surface area contributed by atoms with Crippen molar-refractivity contribution in [2.75, 3.05) is 33.9 Å². The molecule has 0 saturated heterocycles. The molecule has 2 aromatic carbocycles. The molecule has 0 aliphatic heterocycles. The summed E-state index contributed by atoms with van der Waals surface area (Å²) in [6.45, 7) is 3.53. The van der Waals surface area contributed by atoms with E-state index in [4.69, 9.17) is 4.74 Å². The molecule has 0 aliphatic rings. The van der Waals surface area contributed by atoms with Crippen molar-refractivity contribution >= 4 is 29.9 Å². The molecule has 6 heteroatoms. The zero-order chi connectivity index (χ0) is 18.8. The number of aryl methyl sites for hydroxylation is 1. The highest BCUT2D eigenvalue weighted by molar-refractivity contribution is 14.0. The first-order valence-electron chi connectivity index (χ1n) is 8.91. The lowest BCUT2D eigenvalue weighted by molar-refractivity contribution is 0.265. The minimum absolute atomic E-state index is 0. The van der Waals surface area contributed by atoms with Gasteiger partial charge in [-0.2, -0.15) is 0 Å². The molecule has 0 saturated carbocycles. The molecule has 0 amide bonds. The van der Waals surface area contributed by atoms with Crippen LogP contribution in [0.1, 0.15) is 22.6 Å². The second kappa shape index (κ2) is 12.6. The molecule has 148 valence electrons. The molecule has 0 heterocycles. The van der Waals surface area contributed by atoms with Crippen LogP contribution in [0.15, 0.2) is 53.5 Å². The quantitative estimate of drug-likeness (QED) is 0.307. The fourth-order valence-electron chi connectivity index (χ4n) is 2.87. The van der Waals surface area contributed by atoms with E-state index < -0.39 is 0 Å². The number of hydrogen-bond acceptors (Lipinski definition) is 3. The van der Waals surface area contributed by atoms with Crippen molar-refractivity contribution in [3.05, 3.63) is 65.2 Å². The monoisotopic (exact) mass is 483 g/mol. The zero-order valence-electron chi connectivity index (χ0n) is 16.2. The predicted molar refractivity (Wildman–Crippen MR) is 122 cm³/mol. The Morgan fingerprint density at radius 2 is 1.89 bits per heavy atom. The third-order valence-electron chi connectivity index (χ3n) is 4.35. The van der Waals surface area contributed by atoms with Crippen LogP contribution in [0.2, 0.25) is 0 Å². The van der Waals surface area contributed by atoms with E-state index in [0.717, 1.165) is 30.2 Å². The Balaban J connectivity index is 0.00000364. The van der Waals surface area contributed by atoms with E-state index in [0.29, 0.717) is 6.54 Å². The van der Waals surface area contributed by atoms with Crippen molar-refractivity contribution < 1.29 is 9.84 Å². The van der Waals surface area contributed by atoms with Crippen molar-refractivity contribution in [1.82, 2.24) is 10.6 Å². The Morgan fingerprint density at radius 1 is 1.15 bits per heavy atom. The summed E-state index contributed by atoms with van der Waals surface area (Å²) in [6, 6.07) is 16.2. The molecular weight excluding hydrogens is 453 g/mol. The van der Waals surface area contributed by atoms with E-state index in [1.807, 2.05) is 36.4 Å². The first-order valence-corrected chi connectivity index (χ1v) is 8.91. The van der Waals surface area contributed by atoms with Crippen LogP contribution in [0.25, 0.3) is 0 Å². The summed E-state index contributed by atoms with van der Waals surface area (Å²) in [5.74, 6) is 1.67. The molecule has 0 aliphatic carbocycles. The van der Waals surface area contributed by atoms with Crippen LogP contribution in [0.5, 0.6) is 5.75 Å². The van der Waals surface area contributed by atoms with Gasteiger partial charge >= 0.3 is 0 Å². The van der Waals surface area contributed by atoms with Gasteiger partial charge in [-0.1, -0.05) is 48.0 Å². The molecular formula is C21H30IN3O2. The number of aliphatic hydroxyl groups excluding tert-OH is 1. The maximum atomic E-state index is 9.66. The van der Waals surface area contributed by atoms with Gasteiger partial charge in [-0.25, -0.2) is 0 Å². The first-order chi connectivity index (χ1) is 12.7. The van der Waals surface area contributed by atoms with Crippen LogP contribution >= 0.6 is 24.0 Å². The lowest BCUT2D eigenvalue weighted by Crippen LogP contribution is -2.40. The number of guanidine groups is 1. The van der Waals surface area contributed by atoms with Gasteiger partial charge in [0, 0.05) is 26.1 Å². The van der Waals surface area contributed by atoms with E-state index in [1.54, 1.807) is 14.2 Å². The number of rotatable bonds is 8. The Bertz CT molecular complexity index is 708. The Labute approximate surface area is 179 Å². The summed E-state index contributed by atoms with van der Waals surface area (Å²) < 4.78 is 5.43. The number of aliphatic hydroxyl groups is 1. The van der Waals surface area contributed by atoms with Gasteiger partial charge in [0.05, 0.1) is 13.7 Å². The van der Waals surface area contributed by atoms with Crippen LogP contribution in [0.4, 0.5) is 0 Å². The lowest BCUT2D eigenvalue weighted by Gasteiger charge is -2.18. The Hall–Kier alpha value is -1.80. The molecule has 3 N–H and O–H groups in total. The standard InChI is InChI=1S/C21H29N3O2.HI/c1-16-9-10-20(26-3)18(13-16)11-12-23-21(22-2)24-14-19(15-25)17-7-5-4-6-8-17;/h4-10,13,19,25H,11-12,14-15H2,1-3H3,(H2,22,23,24);1H. The van der Waals surface area contributed by atoms with E-state index in [9.17, 15) is 5.11 Å². The molecule has 0 fully saturated rings. The molecule has 0 bridgehead atoms. The number of ether oxygens (including phenoxy) is 1. The number of halogens is 1. The summed E-state index contributed by atoms with van der Waals surface area (Å²) in [5, 5.41) is 16.3. The van der Waals surface area contributed by atoms with Crippen LogP contribution in [0.3, 0.4) is 0 Å². The molecule has 5 nitrogen and oxygen atoms in total. The summed E-state index contributed by atoms with van der Waals surface area (Å²) in [6.07, 6.45) is 0.841. The number of methoxy groups -OCH3 is 1. The van der Waals surface area contributed by atoms with Crippen LogP contribution in [-0.4, -0.2) is 44.9 Å². The summed E-state index contributed by atoms with van der Waals surface area (Å²) >= 11 is 0. The van der Waals surface area contributed by atoms with E-state index >= 15 is 0 Å². The molecule has 2 rings (SSSR count). The summed E-state index contributed by atoms with van der Waals surface area (Å²) in [4.78, 5) is 4.26.